The quantitative estimate of drug-likeness (QED) is 0.848. The third-order valence-corrected chi connectivity index (χ3v) is 3.12. The molecule has 0 radical (unpaired) electrons. The van der Waals surface area contributed by atoms with Gasteiger partial charge >= 0.3 is 0 Å². The van der Waals surface area contributed by atoms with E-state index < -0.39 is 0 Å². The van der Waals surface area contributed by atoms with E-state index in [9.17, 15) is 0 Å². The summed E-state index contributed by atoms with van der Waals surface area (Å²) in [6, 6.07) is 7.98. The van der Waals surface area contributed by atoms with Crippen molar-refractivity contribution in [3.8, 4) is 11.4 Å². The van der Waals surface area contributed by atoms with Crippen molar-refractivity contribution >= 4 is 0 Å². The van der Waals surface area contributed by atoms with Crippen LogP contribution in [0.1, 0.15) is 11.3 Å². The van der Waals surface area contributed by atoms with Crippen LogP contribution in [0.3, 0.4) is 0 Å². The van der Waals surface area contributed by atoms with Crippen molar-refractivity contribution in [1.82, 2.24) is 15.1 Å². The lowest BCUT2D eigenvalue weighted by molar-refractivity contribution is 0.411. The van der Waals surface area contributed by atoms with E-state index in [0.29, 0.717) is 0 Å². The van der Waals surface area contributed by atoms with Gasteiger partial charge in [0.2, 0.25) is 0 Å². The van der Waals surface area contributed by atoms with Crippen LogP contribution in [0.25, 0.3) is 5.69 Å². The SMILES string of the molecule is COc1ccccc1-n1ncc2c1CCNC2. The van der Waals surface area contributed by atoms with Crippen molar-refractivity contribution in [1.29, 1.82) is 0 Å². The molecule has 1 N–H and O–H groups in total. The summed E-state index contributed by atoms with van der Waals surface area (Å²) >= 11 is 0. The minimum Gasteiger partial charge on any atom is -0.494 e. The Morgan fingerprint density at radius 3 is 3.12 bits per heavy atom. The molecule has 4 nitrogen and oxygen atoms in total. The second-order valence-electron chi connectivity index (χ2n) is 4.13. The summed E-state index contributed by atoms with van der Waals surface area (Å²) in [6.07, 6.45) is 2.95. The third-order valence-electron chi connectivity index (χ3n) is 3.12. The van der Waals surface area contributed by atoms with E-state index in [0.717, 1.165) is 30.9 Å². The predicted octanol–water partition coefficient (Wildman–Crippen LogP) is 1.53. The van der Waals surface area contributed by atoms with E-state index in [1.165, 1.54) is 11.3 Å². The fourth-order valence-corrected chi connectivity index (χ4v) is 2.26. The van der Waals surface area contributed by atoms with Gasteiger partial charge in [0.25, 0.3) is 0 Å². The van der Waals surface area contributed by atoms with E-state index in [2.05, 4.69) is 10.4 Å². The Hall–Kier alpha value is -1.81. The molecule has 0 saturated heterocycles. The van der Waals surface area contributed by atoms with Crippen molar-refractivity contribution in [2.75, 3.05) is 13.7 Å². The Labute approximate surface area is 100 Å². The zero-order valence-electron chi connectivity index (χ0n) is 9.81. The van der Waals surface area contributed by atoms with Gasteiger partial charge in [0.05, 0.1) is 19.0 Å². The lowest BCUT2D eigenvalue weighted by Crippen LogP contribution is -2.24. The molecule has 0 fully saturated rings. The first kappa shape index (κ1) is 10.4. The van der Waals surface area contributed by atoms with E-state index in [1.807, 2.05) is 35.1 Å². The van der Waals surface area contributed by atoms with Crippen LogP contribution in [0.5, 0.6) is 5.75 Å². The Bertz CT molecular complexity index is 533. The second kappa shape index (κ2) is 4.22. The van der Waals surface area contributed by atoms with Gasteiger partial charge in [-0.25, -0.2) is 4.68 Å². The molecule has 0 bridgehead atoms. The van der Waals surface area contributed by atoms with Crippen molar-refractivity contribution < 1.29 is 4.74 Å². The second-order valence-corrected chi connectivity index (χ2v) is 4.13. The molecule has 2 heterocycles. The summed E-state index contributed by atoms with van der Waals surface area (Å²) in [5.41, 5.74) is 3.58. The van der Waals surface area contributed by atoms with Gasteiger partial charge < -0.3 is 10.1 Å². The summed E-state index contributed by atoms with van der Waals surface area (Å²) in [6.45, 7) is 1.92. The smallest absolute Gasteiger partial charge is 0.144 e. The fourth-order valence-electron chi connectivity index (χ4n) is 2.26. The first-order valence-corrected chi connectivity index (χ1v) is 5.80. The van der Waals surface area contributed by atoms with Gasteiger partial charge in [-0.3, -0.25) is 0 Å². The standard InChI is InChI=1S/C13H15N3O/c1-17-13-5-3-2-4-12(13)16-11-6-7-14-8-10(11)9-15-16/h2-5,9,14H,6-8H2,1H3. The van der Waals surface area contributed by atoms with Crippen molar-refractivity contribution in [2.24, 2.45) is 0 Å². The maximum absolute atomic E-state index is 5.38. The van der Waals surface area contributed by atoms with Crippen molar-refractivity contribution in [3.05, 3.63) is 41.7 Å². The highest BCUT2D eigenvalue weighted by Crippen LogP contribution is 2.25. The maximum Gasteiger partial charge on any atom is 0.144 e. The van der Waals surface area contributed by atoms with Crippen LogP contribution in [-0.2, 0) is 13.0 Å². The number of nitrogens with one attached hydrogen (secondary N) is 1. The molecule has 4 heteroatoms. The Kier molecular flexibility index (Phi) is 2.57. The summed E-state index contributed by atoms with van der Waals surface area (Å²) < 4.78 is 7.38. The number of fused-ring (bicyclic) bond motifs is 1. The van der Waals surface area contributed by atoms with Gasteiger partial charge in [-0.1, -0.05) is 12.1 Å². The molecule has 1 aliphatic rings. The highest BCUT2D eigenvalue weighted by Gasteiger charge is 2.17. The Morgan fingerprint density at radius 2 is 2.24 bits per heavy atom. The highest BCUT2D eigenvalue weighted by molar-refractivity contribution is 5.47. The van der Waals surface area contributed by atoms with Crippen LogP contribution >= 0.6 is 0 Å². The van der Waals surface area contributed by atoms with E-state index in [-0.39, 0.29) is 0 Å². The van der Waals surface area contributed by atoms with Crippen LogP contribution in [0.4, 0.5) is 0 Å². The van der Waals surface area contributed by atoms with Crippen LogP contribution in [0, 0.1) is 0 Å². The fraction of sp³-hybridized carbons (Fsp3) is 0.308. The molecule has 1 aromatic heterocycles. The molecule has 1 aromatic carbocycles. The summed E-state index contributed by atoms with van der Waals surface area (Å²) in [4.78, 5) is 0. The molecule has 0 saturated carbocycles. The number of hydrogen-bond acceptors (Lipinski definition) is 3. The average molecular weight is 229 g/mol. The minimum absolute atomic E-state index is 0.858. The molecular weight excluding hydrogens is 214 g/mol. The summed E-state index contributed by atoms with van der Waals surface area (Å²) in [5.74, 6) is 0.858. The number of benzene rings is 1. The first-order valence-electron chi connectivity index (χ1n) is 5.80. The van der Waals surface area contributed by atoms with Gasteiger partial charge in [-0.15, -0.1) is 0 Å². The van der Waals surface area contributed by atoms with Crippen molar-refractivity contribution in [3.63, 3.8) is 0 Å². The van der Waals surface area contributed by atoms with Gasteiger partial charge in [0.1, 0.15) is 11.4 Å². The lowest BCUT2D eigenvalue weighted by Gasteiger charge is -2.16. The Morgan fingerprint density at radius 1 is 1.35 bits per heavy atom. The van der Waals surface area contributed by atoms with E-state index in [1.54, 1.807) is 7.11 Å². The van der Waals surface area contributed by atoms with Crippen LogP contribution in [-0.4, -0.2) is 23.4 Å². The molecule has 0 amide bonds. The van der Waals surface area contributed by atoms with Crippen LogP contribution < -0.4 is 10.1 Å². The van der Waals surface area contributed by atoms with E-state index >= 15 is 0 Å². The first-order chi connectivity index (χ1) is 8.40. The van der Waals surface area contributed by atoms with Crippen LogP contribution in [0.2, 0.25) is 0 Å². The molecule has 2 aromatic rings. The predicted molar refractivity (Wildman–Crippen MR) is 65.5 cm³/mol. The average Bonchev–Trinajstić information content (AvgIpc) is 2.82. The molecule has 17 heavy (non-hydrogen) atoms. The third kappa shape index (κ3) is 1.70. The summed E-state index contributed by atoms with van der Waals surface area (Å²) in [7, 11) is 1.69. The topological polar surface area (TPSA) is 39.1 Å². The number of ether oxygens (including phenoxy) is 1. The number of aromatic nitrogens is 2. The Balaban J connectivity index is 2.12. The van der Waals surface area contributed by atoms with Crippen molar-refractivity contribution in [2.45, 2.75) is 13.0 Å². The molecule has 0 spiro atoms. The molecule has 1 aliphatic heterocycles. The number of para-hydroxylation sites is 2. The number of methoxy groups -OCH3 is 1. The normalized spacial score (nSPS) is 14.4. The van der Waals surface area contributed by atoms with Gasteiger partial charge in [0.15, 0.2) is 0 Å². The van der Waals surface area contributed by atoms with Gasteiger partial charge in [-0.05, 0) is 12.1 Å². The number of nitrogens with zero attached hydrogens (tertiary/aromatic N) is 2. The molecule has 0 unspecified atom stereocenters. The molecule has 3 rings (SSSR count). The monoisotopic (exact) mass is 229 g/mol. The number of rotatable bonds is 2. The number of hydrogen-bond donors (Lipinski definition) is 1. The van der Waals surface area contributed by atoms with E-state index in [4.69, 9.17) is 4.74 Å². The highest BCUT2D eigenvalue weighted by atomic mass is 16.5. The zero-order valence-corrected chi connectivity index (χ0v) is 9.81. The lowest BCUT2D eigenvalue weighted by atomic mass is 10.1. The zero-order chi connectivity index (χ0) is 11.7. The molecule has 0 aliphatic carbocycles. The van der Waals surface area contributed by atoms with Gasteiger partial charge in [0, 0.05) is 25.1 Å². The van der Waals surface area contributed by atoms with Gasteiger partial charge in [-0.2, -0.15) is 5.10 Å². The maximum atomic E-state index is 5.38. The molecular formula is C13H15N3O. The summed E-state index contributed by atoms with van der Waals surface area (Å²) in [5, 5.41) is 7.82. The minimum atomic E-state index is 0.858. The molecule has 0 atom stereocenters. The molecule has 88 valence electrons. The largest absolute Gasteiger partial charge is 0.494 e. The van der Waals surface area contributed by atoms with Crippen LogP contribution in [0.15, 0.2) is 30.5 Å².